The number of carbonyl (C=O) groups is 1. The molecule has 1 amide bonds. The molecule has 19 heavy (non-hydrogen) atoms. The van der Waals surface area contributed by atoms with E-state index in [9.17, 15) is 13.2 Å². The minimum Gasteiger partial charge on any atom is -0.366 e. The summed E-state index contributed by atoms with van der Waals surface area (Å²) in [4.78, 5) is 11.3. The fourth-order valence-electron chi connectivity index (χ4n) is 1.72. The van der Waals surface area contributed by atoms with Gasteiger partial charge in [-0.25, -0.2) is 8.42 Å². The van der Waals surface area contributed by atoms with Crippen LogP contribution in [0.4, 0.5) is 0 Å². The molecule has 98 valence electrons. The molecule has 2 aromatic rings. The van der Waals surface area contributed by atoms with Crippen molar-refractivity contribution < 1.29 is 13.2 Å². The first-order chi connectivity index (χ1) is 8.91. The lowest BCUT2D eigenvalue weighted by molar-refractivity contribution is 0.1000. The Morgan fingerprint density at radius 3 is 2.16 bits per heavy atom. The highest BCUT2D eigenvalue weighted by atomic mass is 32.2. The molecule has 2 rings (SSSR count). The summed E-state index contributed by atoms with van der Waals surface area (Å²) in [6.45, 7) is 1.83. The van der Waals surface area contributed by atoms with Crippen molar-refractivity contribution in [3.63, 3.8) is 0 Å². The van der Waals surface area contributed by atoms with Crippen molar-refractivity contribution in [2.75, 3.05) is 0 Å². The minimum absolute atomic E-state index is 0.142. The van der Waals surface area contributed by atoms with Gasteiger partial charge in [-0.3, -0.25) is 4.79 Å². The molecule has 0 aromatic heterocycles. The van der Waals surface area contributed by atoms with Crippen LogP contribution in [0.2, 0.25) is 0 Å². The molecule has 0 aliphatic carbocycles. The van der Waals surface area contributed by atoms with Gasteiger partial charge in [0.05, 0.1) is 9.79 Å². The molecule has 0 heterocycles. The highest BCUT2D eigenvalue weighted by Crippen LogP contribution is 2.21. The molecule has 0 saturated heterocycles. The minimum atomic E-state index is -3.56. The Kier molecular flexibility index (Phi) is 3.40. The van der Waals surface area contributed by atoms with E-state index in [1.54, 1.807) is 18.2 Å². The topological polar surface area (TPSA) is 77.2 Å². The van der Waals surface area contributed by atoms with Gasteiger partial charge in [0.25, 0.3) is 0 Å². The van der Waals surface area contributed by atoms with E-state index in [0.717, 1.165) is 5.56 Å². The van der Waals surface area contributed by atoms with E-state index in [-0.39, 0.29) is 15.4 Å². The molecule has 2 aromatic carbocycles. The summed E-state index contributed by atoms with van der Waals surface area (Å²) >= 11 is 0. The monoisotopic (exact) mass is 275 g/mol. The van der Waals surface area contributed by atoms with Gasteiger partial charge in [-0.1, -0.05) is 12.1 Å². The zero-order chi connectivity index (χ0) is 14.0. The molecule has 5 heteroatoms. The second kappa shape index (κ2) is 4.85. The fraction of sp³-hybridized carbons (Fsp3) is 0.0714. The molecular weight excluding hydrogens is 262 g/mol. The van der Waals surface area contributed by atoms with Crippen LogP contribution in [0.25, 0.3) is 0 Å². The van der Waals surface area contributed by atoms with Gasteiger partial charge in [-0.05, 0) is 48.9 Å². The Bertz CT molecular complexity index is 719. The second-order valence-corrected chi connectivity index (χ2v) is 6.16. The van der Waals surface area contributed by atoms with Crippen LogP contribution in [-0.4, -0.2) is 14.3 Å². The highest BCUT2D eigenvalue weighted by molar-refractivity contribution is 7.91. The Balaban J connectivity index is 2.48. The van der Waals surface area contributed by atoms with Crippen LogP contribution in [-0.2, 0) is 9.84 Å². The largest absolute Gasteiger partial charge is 0.366 e. The predicted molar refractivity (Wildman–Crippen MR) is 71.6 cm³/mol. The molecule has 0 aliphatic rings. The van der Waals surface area contributed by atoms with Gasteiger partial charge in [-0.15, -0.1) is 0 Å². The van der Waals surface area contributed by atoms with Gasteiger partial charge < -0.3 is 5.73 Å². The average molecular weight is 275 g/mol. The summed E-state index contributed by atoms with van der Waals surface area (Å²) < 4.78 is 24.7. The maximum Gasteiger partial charge on any atom is 0.248 e. The summed E-state index contributed by atoms with van der Waals surface area (Å²) in [5.41, 5.74) is 6.27. The predicted octanol–water partition coefficient (Wildman–Crippen LogP) is 1.93. The van der Waals surface area contributed by atoms with Crippen molar-refractivity contribution in [3.05, 3.63) is 59.7 Å². The number of aryl methyl sites for hydroxylation is 1. The van der Waals surface area contributed by atoms with E-state index >= 15 is 0 Å². The summed E-state index contributed by atoms with van der Waals surface area (Å²) in [5.74, 6) is -0.584. The van der Waals surface area contributed by atoms with Gasteiger partial charge >= 0.3 is 0 Å². The molecular formula is C14H13NO3S. The lowest BCUT2D eigenvalue weighted by Crippen LogP contribution is -2.11. The molecule has 4 nitrogen and oxygen atoms in total. The maximum absolute atomic E-state index is 12.4. The number of rotatable bonds is 3. The first-order valence-corrected chi connectivity index (χ1v) is 7.11. The Morgan fingerprint density at radius 2 is 1.63 bits per heavy atom. The van der Waals surface area contributed by atoms with Crippen molar-refractivity contribution in [2.24, 2.45) is 5.73 Å². The second-order valence-electron chi connectivity index (χ2n) is 4.21. The third-order valence-electron chi connectivity index (χ3n) is 2.75. The molecule has 0 unspecified atom stereocenters. The van der Waals surface area contributed by atoms with Crippen molar-refractivity contribution in [1.82, 2.24) is 0 Å². The first kappa shape index (κ1) is 13.3. The fourth-order valence-corrected chi connectivity index (χ4v) is 3.08. The van der Waals surface area contributed by atoms with E-state index in [1.165, 1.54) is 24.3 Å². The van der Waals surface area contributed by atoms with E-state index in [1.807, 2.05) is 13.0 Å². The maximum atomic E-state index is 12.4. The molecule has 0 saturated carbocycles. The number of nitrogens with two attached hydrogens (primary N) is 1. The lowest BCUT2D eigenvalue weighted by Gasteiger charge is -2.06. The van der Waals surface area contributed by atoms with Crippen LogP contribution in [0.1, 0.15) is 15.9 Å². The third kappa shape index (κ3) is 2.66. The first-order valence-electron chi connectivity index (χ1n) is 5.63. The van der Waals surface area contributed by atoms with Crippen LogP contribution >= 0.6 is 0 Å². The van der Waals surface area contributed by atoms with Crippen LogP contribution in [0.3, 0.4) is 0 Å². The van der Waals surface area contributed by atoms with E-state index < -0.39 is 15.7 Å². The van der Waals surface area contributed by atoms with Crippen molar-refractivity contribution in [2.45, 2.75) is 16.7 Å². The summed E-state index contributed by atoms with van der Waals surface area (Å²) in [5, 5.41) is 0. The normalized spacial score (nSPS) is 11.2. The van der Waals surface area contributed by atoms with Gasteiger partial charge in [0, 0.05) is 5.56 Å². The van der Waals surface area contributed by atoms with Gasteiger partial charge in [0.1, 0.15) is 0 Å². The van der Waals surface area contributed by atoms with Crippen molar-refractivity contribution >= 4 is 15.7 Å². The zero-order valence-electron chi connectivity index (χ0n) is 10.3. The smallest absolute Gasteiger partial charge is 0.248 e. The lowest BCUT2D eigenvalue weighted by atomic mass is 10.2. The number of sulfone groups is 1. The average Bonchev–Trinajstić information content (AvgIpc) is 2.39. The molecule has 2 N–H and O–H groups in total. The van der Waals surface area contributed by atoms with Crippen molar-refractivity contribution in [1.29, 1.82) is 0 Å². The van der Waals surface area contributed by atoms with Gasteiger partial charge in [-0.2, -0.15) is 0 Å². The van der Waals surface area contributed by atoms with E-state index in [4.69, 9.17) is 5.73 Å². The summed E-state index contributed by atoms with van der Waals surface area (Å²) in [6.07, 6.45) is 0. The summed E-state index contributed by atoms with van der Waals surface area (Å²) in [7, 11) is -3.56. The number of benzene rings is 2. The number of amides is 1. The van der Waals surface area contributed by atoms with Crippen molar-refractivity contribution in [3.8, 4) is 0 Å². The van der Waals surface area contributed by atoms with E-state index in [0.29, 0.717) is 0 Å². The van der Waals surface area contributed by atoms with Gasteiger partial charge in [0.15, 0.2) is 0 Å². The quantitative estimate of drug-likeness (QED) is 0.929. The molecule has 0 fully saturated rings. The zero-order valence-corrected chi connectivity index (χ0v) is 11.1. The van der Waals surface area contributed by atoms with Crippen LogP contribution in [0.5, 0.6) is 0 Å². The van der Waals surface area contributed by atoms with Gasteiger partial charge in [0.2, 0.25) is 15.7 Å². The Morgan fingerprint density at radius 1 is 1.00 bits per heavy atom. The third-order valence-corrected chi connectivity index (χ3v) is 4.52. The Labute approximate surface area is 111 Å². The number of hydrogen-bond acceptors (Lipinski definition) is 3. The molecule has 0 aliphatic heterocycles. The number of primary amides is 1. The Hall–Kier alpha value is -2.14. The SMILES string of the molecule is Cc1cccc(S(=O)(=O)c2ccc(C(N)=O)cc2)c1. The van der Waals surface area contributed by atoms with Crippen LogP contribution < -0.4 is 5.73 Å². The van der Waals surface area contributed by atoms with Crippen LogP contribution in [0, 0.1) is 6.92 Å². The standard InChI is InChI=1S/C14H13NO3S/c1-10-3-2-4-13(9-10)19(17,18)12-7-5-11(6-8-12)14(15)16/h2-9H,1H3,(H2,15,16). The van der Waals surface area contributed by atoms with Crippen LogP contribution in [0.15, 0.2) is 58.3 Å². The molecule has 0 radical (unpaired) electrons. The number of carbonyl (C=O) groups excluding carboxylic acids is 1. The molecule has 0 atom stereocenters. The number of hydrogen-bond donors (Lipinski definition) is 1. The molecule has 0 bridgehead atoms. The highest BCUT2D eigenvalue weighted by Gasteiger charge is 2.17. The van der Waals surface area contributed by atoms with E-state index in [2.05, 4.69) is 0 Å². The molecule has 0 spiro atoms. The summed E-state index contributed by atoms with van der Waals surface area (Å²) in [6, 6.07) is 12.3.